The number of rotatable bonds is 5. The van der Waals surface area contributed by atoms with E-state index in [0.29, 0.717) is 22.3 Å². The first-order valence-corrected chi connectivity index (χ1v) is 10.0. The molecule has 0 radical (unpaired) electrons. The van der Waals surface area contributed by atoms with Crippen LogP contribution in [0.1, 0.15) is 41.5 Å². The summed E-state index contributed by atoms with van der Waals surface area (Å²) in [6.07, 6.45) is -3.04. The lowest BCUT2D eigenvalue weighted by molar-refractivity contribution is -0.137. The van der Waals surface area contributed by atoms with Crippen molar-refractivity contribution in [1.82, 2.24) is 19.7 Å². The summed E-state index contributed by atoms with van der Waals surface area (Å²) in [4.78, 5) is 30.9. The van der Waals surface area contributed by atoms with Gasteiger partial charge in [-0.25, -0.2) is 9.67 Å². The van der Waals surface area contributed by atoms with Gasteiger partial charge >= 0.3 is 6.18 Å². The molecule has 0 aliphatic heterocycles. The van der Waals surface area contributed by atoms with Crippen LogP contribution >= 0.6 is 11.6 Å². The fourth-order valence-corrected chi connectivity index (χ4v) is 3.40. The van der Waals surface area contributed by atoms with Crippen molar-refractivity contribution in [2.75, 3.05) is 18.9 Å². The molecule has 7 nitrogen and oxygen atoms in total. The normalized spacial score (nSPS) is 11.8. The third-order valence-corrected chi connectivity index (χ3v) is 5.09. The third-order valence-electron chi connectivity index (χ3n) is 4.76. The Bertz CT molecular complexity index is 1190. The van der Waals surface area contributed by atoms with Crippen molar-refractivity contribution >= 4 is 40.1 Å². The average Bonchev–Trinajstić information content (AvgIpc) is 3.10. The highest BCUT2D eigenvalue weighted by Crippen LogP contribution is 2.36. The molecule has 1 aromatic carbocycles. The van der Waals surface area contributed by atoms with Crippen molar-refractivity contribution < 1.29 is 22.8 Å². The van der Waals surface area contributed by atoms with Gasteiger partial charge in [0.05, 0.1) is 34.6 Å². The van der Waals surface area contributed by atoms with Gasteiger partial charge in [-0.1, -0.05) is 11.6 Å². The summed E-state index contributed by atoms with van der Waals surface area (Å²) in [6, 6.07) is 4.81. The molecular weight excluding hydrogens is 447 g/mol. The third kappa shape index (κ3) is 4.85. The number of aryl methyl sites for hydroxylation is 1. The van der Waals surface area contributed by atoms with Crippen molar-refractivity contribution in [3.63, 3.8) is 0 Å². The summed E-state index contributed by atoms with van der Waals surface area (Å²) >= 11 is 5.59. The van der Waals surface area contributed by atoms with Gasteiger partial charge in [0.25, 0.3) is 5.91 Å². The van der Waals surface area contributed by atoms with Crippen LogP contribution in [-0.4, -0.2) is 45.1 Å². The molecule has 170 valence electrons. The number of amides is 2. The maximum absolute atomic E-state index is 13.0. The zero-order chi connectivity index (χ0) is 23.8. The van der Waals surface area contributed by atoms with Crippen LogP contribution < -0.4 is 5.32 Å². The van der Waals surface area contributed by atoms with Crippen molar-refractivity contribution in [1.29, 1.82) is 0 Å². The van der Waals surface area contributed by atoms with Gasteiger partial charge in [-0.05, 0) is 45.0 Å². The molecule has 11 heteroatoms. The van der Waals surface area contributed by atoms with E-state index < -0.39 is 28.6 Å². The number of anilines is 1. The zero-order valence-corrected chi connectivity index (χ0v) is 18.5. The van der Waals surface area contributed by atoms with Crippen LogP contribution in [0.4, 0.5) is 18.9 Å². The number of fused-ring (bicyclic) bond motifs is 1. The Morgan fingerprint density at radius 3 is 2.56 bits per heavy atom. The van der Waals surface area contributed by atoms with Crippen molar-refractivity contribution in [2.45, 2.75) is 33.0 Å². The van der Waals surface area contributed by atoms with E-state index in [0.717, 1.165) is 12.1 Å². The molecule has 0 aliphatic carbocycles. The number of pyridine rings is 1. The van der Waals surface area contributed by atoms with Gasteiger partial charge in [-0.15, -0.1) is 0 Å². The Morgan fingerprint density at radius 2 is 1.94 bits per heavy atom. The predicted molar refractivity (Wildman–Crippen MR) is 115 cm³/mol. The Kier molecular flexibility index (Phi) is 6.45. The number of hydrogen-bond acceptors (Lipinski definition) is 4. The highest BCUT2D eigenvalue weighted by atomic mass is 35.5. The Morgan fingerprint density at radius 1 is 1.25 bits per heavy atom. The first-order valence-electron chi connectivity index (χ1n) is 9.65. The van der Waals surface area contributed by atoms with Crippen LogP contribution in [0, 0.1) is 6.92 Å². The van der Waals surface area contributed by atoms with Crippen molar-refractivity contribution in [3.8, 4) is 0 Å². The van der Waals surface area contributed by atoms with Gasteiger partial charge in [0.2, 0.25) is 5.91 Å². The number of carbonyl (C=O) groups is 2. The maximum Gasteiger partial charge on any atom is 0.417 e. The molecule has 2 heterocycles. The molecule has 0 spiro atoms. The molecule has 0 aliphatic rings. The molecule has 0 unspecified atom stereocenters. The second kappa shape index (κ2) is 8.78. The molecule has 0 bridgehead atoms. The van der Waals surface area contributed by atoms with Crippen LogP contribution in [0.3, 0.4) is 0 Å². The number of carbonyl (C=O) groups excluding carboxylic acids is 2. The number of halogens is 4. The topological polar surface area (TPSA) is 80.1 Å². The smallest absolute Gasteiger partial charge is 0.332 e. The lowest BCUT2D eigenvalue weighted by atomic mass is 10.1. The number of benzene rings is 1. The number of likely N-dealkylation sites (N-methyl/N-ethyl adjacent to an activating group) is 1. The number of hydrogen-bond donors (Lipinski definition) is 1. The Labute approximate surface area is 187 Å². The predicted octanol–water partition coefficient (Wildman–Crippen LogP) is 4.70. The van der Waals surface area contributed by atoms with Crippen LogP contribution in [0.5, 0.6) is 0 Å². The van der Waals surface area contributed by atoms with Crippen LogP contribution in [0.15, 0.2) is 30.5 Å². The molecule has 0 fully saturated rings. The van der Waals surface area contributed by atoms with Gasteiger partial charge in [-0.3, -0.25) is 9.59 Å². The van der Waals surface area contributed by atoms with E-state index in [4.69, 9.17) is 11.6 Å². The summed E-state index contributed by atoms with van der Waals surface area (Å²) < 4.78 is 40.8. The molecular formula is C21H21ClF3N5O2. The van der Waals surface area contributed by atoms with Gasteiger partial charge in [0.1, 0.15) is 0 Å². The van der Waals surface area contributed by atoms with E-state index in [1.165, 1.54) is 18.0 Å². The minimum atomic E-state index is -4.66. The lowest BCUT2D eigenvalue weighted by Gasteiger charge is -2.18. The first-order chi connectivity index (χ1) is 14.9. The van der Waals surface area contributed by atoms with Crippen molar-refractivity contribution in [2.24, 2.45) is 0 Å². The molecule has 2 aromatic heterocycles. The van der Waals surface area contributed by atoms with Gasteiger partial charge < -0.3 is 10.2 Å². The average molecular weight is 468 g/mol. The van der Waals surface area contributed by atoms with Gasteiger partial charge in [0.15, 0.2) is 5.65 Å². The van der Waals surface area contributed by atoms with Gasteiger partial charge in [-0.2, -0.15) is 18.3 Å². The molecule has 0 saturated heterocycles. The molecule has 3 aromatic rings. The van der Waals surface area contributed by atoms with Crippen molar-refractivity contribution in [3.05, 3.63) is 52.3 Å². The second-order valence-electron chi connectivity index (χ2n) is 7.62. The number of aromatic nitrogens is 3. The van der Waals surface area contributed by atoms with Gasteiger partial charge in [0, 0.05) is 24.2 Å². The molecule has 32 heavy (non-hydrogen) atoms. The SMILES string of the molecule is Cc1nc2c(cnn2C(C)C)cc1C(=O)N(C)CC(=O)Nc1ccc(Cl)c(C(F)(F)F)c1. The van der Waals surface area contributed by atoms with Crippen LogP contribution in [-0.2, 0) is 11.0 Å². The molecule has 1 N–H and O–H groups in total. The minimum Gasteiger partial charge on any atom is -0.332 e. The fourth-order valence-electron chi connectivity index (χ4n) is 3.17. The van der Waals surface area contributed by atoms with Crippen LogP contribution in [0.2, 0.25) is 5.02 Å². The number of nitrogens with one attached hydrogen (secondary N) is 1. The molecule has 0 saturated carbocycles. The summed E-state index contributed by atoms with van der Waals surface area (Å²) in [5.74, 6) is -1.10. The van der Waals surface area contributed by atoms with E-state index in [1.54, 1.807) is 23.9 Å². The summed E-state index contributed by atoms with van der Waals surface area (Å²) in [7, 11) is 1.42. The summed E-state index contributed by atoms with van der Waals surface area (Å²) in [6.45, 7) is 5.25. The van der Waals surface area contributed by atoms with E-state index in [1.807, 2.05) is 13.8 Å². The minimum absolute atomic E-state index is 0.0760. The summed E-state index contributed by atoms with van der Waals surface area (Å²) in [5.41, 5.74) is 0.301. The van der Waals surface area contributed by atoms with E-state index in [-0.39, 0.29) is 18.3 Å². The first kappa shape index (κ1) is 23.5. The maximum atomic E-state index is 13.0. The molecule has 3 rings (SSSR count). The number of alkyl halides is 3. The second-order valence-corrected chi connectivity index (χ2v) is 8.03. The summed E-state index contributed by atoms with van der Waals surface area (Å²) in [5, 5.41) is 6.86. The van der Waals surface area contributed by atoms with E-state index >= 15 is 0 Å². The fraction of sp³-hybridized carbons (Fsp3) is 0.333. The largest absolute Gasteiger partial charge is 0.417 e. The standard InChI is InChI=1S/C21H21ClF3N5O2/c1-11(2)30-19-13(9-26-30)7-15(12(3)27-19)20(32)29(4)10-18(31)28-14-5-6-17(22)16(8-14)21(23,24)25/h5-9,11H,10H2,1-4H3,(H,28,31). The highest BCUT2D eigenvalue weighted by Gasteiger charge is 2.33. The monoisotopic (exact) mass is 467 g/mol. The van der Waals surface area contributed by atoms with Crippen LogP contribution in [0.25, 0.3) is 11.0 Å². The molecule has 2 amide bonds. The Balaban J connectivity index is 1.75. The lowest BCUT2D eigenvalue weighted by Crippen LogP contribution is -2.35. The quantitative estimate of drug-likeness (QED) is 0.589. The number of nitrogens with zero attached hydrogens (tertiary/aromatic N) is 4. The zero-order valence-electron chi connectivity index (χ0n) is 17.8. The molecule has 0 atom stereocenters. The highest BCUT2D eigenvalue weighted by molar-refractivity contribution is 6.31. The Hall–Kier alpha value is -3.14. The van der Waals surface area contributed by atoms with E-state index in [2.05, 4.69) is 15.4 Å². The van der Waals surface area contributed by atoms with E-state index in [9.17, 15) is 22.8 Å².